The summed E-state index contributed by atoms with van der Waals surface area (Å²) in [6.07, 6.45) is 1.07. The second kappa shape index (κ2) is 1.49. The number of sulfone groups is 1. The summed E-state index contributed by atoms with van der Waals surface area (Å²) >= 11 is 0. The maximum Gasteiger partial charge on any atom is 0.153 e. The SMILES string of the molecule is O=S1(=O)CC2CC(C1)N2. The average molecular weight is 147 g/mol. The van der Waals surface area contributed by atoms with E-state index in [2.05, 4.69) is 5.32 Å². The highest BCUT2D eigenvalue weighted by Crippen LogP contribution is 2.21. The minimum Gasteiger partial charge on any atom is -0.309 e. The van der Waals surface area contributed by atoms with Gasteiger partial charge in [-0.25, -0.2) is 8.42 Å². The van der Waals surface area contributed by atoms with Gasteiger partial charge in [0, 0.05) is 12.1 Å². The van der Waals surface area contributed by atoms with Gasteiger partial charge in [0.2, 0.25) is 0 Å². The molecule has 3 saturated heterocycles. The second-order valence-corrected chi connectivity index (χ2v) is 5.03. The van der Waals surface area contributed by atoms with Gasteiger partial charge in [0.25, 0.3) is 0 Å². The van der Waals surface area contributed by atoms with Crippen LogP contribution in [0.25, 0.3) is 0 Å². The number of hydrogen-bond acceptors (Lipinski definition) is 3. The molecule has 0 aromatic heterocycles. The summed E-state index contributed by atoms with van der Waals surface area (Å²) < 4.78 is 21.7. The highest BCUT2D eigenvalue weighted by Gasteiger charge is 2.40. The van der Waals surface area contributed by atoms with Crippen LogP contribution in [-0.2, 0) is 9.84 Å². The lowest BCUT2D eigenvalue weighted by Gasteiger charge is -2.41. The molecule has 0 amide bonds. The van der Waals surface area contributed by atoms with E-state index in [0.29, 0.717) is 11.5 Å². The molecule has 1 N–H and O–H groups in total. The first-order valence-corrected chi connectivity index (χ1v) is 4.94. The van der Waals surface area contributed by atoms with Crippen molar-refractivity contribution in [3.63, 3.8) is 0 Å². The van der Waals surface area contributed by atoms with Crippen LogP contribution in [0, 0.1) is 0 Å². The first-order chi connectivity index (χ1) is 4.16. The quantitative estimate of drug-likeness (QED) is 0.485. The van der Waals surface area contributed by atoms with E-state index in [1.54, 1.807) is 0 Å². The van der Waals surface area contributed by atoms with Crippen molar-refractivity contribution in [2.24, 2.45) is 0 Å². The Balaban J connectivity index is 2.22. The molecule has 0 radical (unpaired) electrons. The molecule has 0 aliphatic carbocycles. The highest BCUT2D eigenvalue weighted by atomic mass is 32.2. The zero-order valence-electron chi connectivity index (χ0n) is 5.00. The van der Waals surface area contributed by atoms with E-state index in [-0.39, 0.29) is 12.1 Å². The minimum atomic E-state index is -2.64. The maximum atomic E-state index is 10.9. The first-order valence-electron chi connectivity index (χ1n) is 3.12. The van der Waals surface area contributed by atoms with Crippen LogP contribution >= 0.6 is 0 Å². The molecular formula is C5H9NO2S. The Hall–Kier alpha value is -0.0900. The van der Waals surface area contributed by atoms with E-state index in [1.165, 1.54) is 0 Å². The van der Waals surface area contributed by atoms with Gasteiger partial charge in [-0.1, -0.05) is 0 Å². The molecule has 0 aromatic carbocycles. The first kappa shape index (κ1) is 5.68. The lowest BCUT2D eigenvalue weighted by molar-refractivity contribution is 0.288. The van der Waals surface area contributed by atoms with Gasteiger partial charge in [0.15, 0.2) is 9.84 Å². The molecular weight excluding hydrogens is 138 g/mol. The smallest absolute Gasteiger partial charge is 0.153 e. The van der Waals surface area contributed by atoms with Crippen LogP contribution in [-0.4, -0.2) is 32.0 Å². The molecule has 3 aliphatic heterocycles. The van der Waals surface area contributed by atoms with Crippen LogP contribution < -0.4 is 5.32 Å². The molecule has 3 nitrogen and oxygen atoms in total. The monoisotopic (exact) mass is 147 g/mol. The van der Waals surface area contributed by atoms with Gasteiger partial charge in [-0.05, 0) is 6.42 Å². The van der Waals surface area contributed by atoms with Gasteiger partial charge in [0.05, 0.1) is 11.5 Å². The zero-order valence-corrected chi connectivity index (χ0v) is 5.82. The van der Waals surface area contributed by atoms with E-state index in [4.69, 9.17) is 0 Å². The molecule has 2 atom stereocenters. The molecule has 9 heavy (non-hydrogen) atoms. The molecule has 0 aromatic rings. The van der Waals surface area contributed by atoms with Crippen LogP contribution in [0.2, 0.25) is 0 Å². The van der Waals surface area contributed by atoms with Crippen LogP contribution in [0.4, 0.5) is 0 Å². The predicted octanol–water partition coefficient (Wildman–Crippen LogP) is -0.855. The highest BCUT2D eigenvalue weighted by molar-refractivity contribution is 7.91. The third kappa shape index (κ3) is 0.861. The van der Waals surface area contributed by atoms with Crippen LogP contribution in [0.1, 0.15) is 6.42 Å². The second-order valence-electron chi connectivity index (χ2n) is 2.87. The maximum absolute atomic E-state index is 10.9. The lowest BCUT2D eigenvalue weighted by Crippen LogP contribution is -2.63. The third-order valence-electron chi connectivity index (χ3n) is 1.95. The molecule has 2 unspecified atom stereocenters. The summed E-state index contributed by atoms with van der Waals surface area (Å²) in [5, 5.41) is 3.16. The summed E-state index contributed by atoms with van der Waals surface area (Å²) in [5.74, 6) is 0.729. The topological polar surface area (TPSA) is 46.2 Å². The number of fused-ring (bicyclic) bond motifs is 2. The van der Waals surface area contributed by atoms with Crippen molar-refractivity contribution in [1.29, 1.82) is 0 Å². The molecule has 2 bridgehead atoms. The van der Waals surface area contributed by atoms with E-state index in [0.717, 1.165) is 6.42 Å². The minimum absolute atomic E-state index is 0.286. The summed E-state index contributed by atoms with van der Waals surface area (Å²) in [5.41, 5.74) is 0. The van der Waals surface area contributed by atoms with Gasteiger partial charge in [0.1, 0.15) is 0 Å². The van der Waals surface area contributed by atoms with Gasteiger partial charge < -0.3 is 5.32 Å². The van der Waals surface area contributed by atoms with Gasteiger partial charge in [-0.3, -0.25) is 0 Å². The predicted molar refractivity (Wildman–Crippen MR) is 34.0 cm³/mol. The number of nitrogens with one attached hydrogen (secondary N) is 1. The number of hydrogen-bond donors (Lipinski definition) is 1. The molecule has 4 heteroatoms. The summed E-state index contributed by atoms with van der Waals surface area (Å²) in [7, 11) is -2.64. The van der Waals surface area contributed by atoms with Gasteiger partial charge in [-0.2, -0.15) is 0 Å². The normalized spacial score (nSPS) is 45.8. The van der Waals surface area contributed by atoms with Crippen molar-refractivity contribution in [2.75, 3.05) is 11.5 Å². The Bertz CT molecular complexity index is 199. The van der Waals surface area contributed by atoms with Gasteiger partial charge >= 0.3 is 0 Å². The molecule has 0 spiro atoms. The Morgan fingerprint density at radius 3 is 1.89 bits per heavy atom. The van der Waals surface area contributed by atoms with Crippen LogP contribution in [0.3, 0.4) is 0 Å². The van der Waals surface area contributed by atoms with Crippen molar-refractivity contribution in [3.05, 3.63) is 0 Å². The number of rotatable bonds is 0. The van der Waals surface area contributed by atoms with Crippen LogP contribution in [0.5, 0.6) is 0 Å². The van der Waals surface area contributed by atoms with Crippen molar-refractivity contribution in [3.8, 4) is 0 Å². The fraction of sp³-hybridized carbons (Fsp3) is 1.00. The molecule has 3 fully saturated rings. The van der Waals surface area contributed by atoms with Crippen molar-refractivity contribution < 1.29 is 8.42 Å². The fourth-order valence-electron chi connectivity index (χ4n) is 1.57. The standard InChI is InChI=1S/C5H9NO2S/c7-9(8)2-4-1-5(3-9)6-4/h4-6H,1-3H2. The van der Waals surface area contributed by atoms with Crippen LogP contribution in [0.15, 0.2) is 0 Å². The Morgan fingerprint density at radius 2 is 1.67 bits per heavy atom. The summed E-state index contributed by atoms with van der Waals surface area (Å²) in [6.45, 7) is 0. The lowest BCUT2D eigenvalue weighted by atomic mass is 10.00. The van der Waals surface area contributed by atoms with Crippen molar-refractivity contribution in [1.82, 2.24) is 5.32 Å². The fourth-order valence-corrected chi connectivity index (χ4v) is 3.39. The largest absolute Gasteiger partial charge is 0.309 e. The van der Waals surface area contributed by atoms with E-state index in [9.17, 15) is 8.42 Å². The van der Waals surface area contributed by atoms with Crippen molar-refractivity contribution >= 4 is 9.84 Å². The van der Waals surface area contributed by atoms with Crippen molar-refractivity contribution in [2.45, 2.75) is 18.5 Å². The Morgan fingerprint density at radius 1 is 1.22 bits per heavy atom. The van der Waals surface area contributed by atoms with E-state index < -0.39 is 9.84 Å². The third-order valence-corrected chi connectivity index (χ3v) is 3.77. The molecule has 3 aliphatic rings. The Kier molecular flexibility index (Phi) is 0.941. The van der Waals surface area contributed by atoms with E-state index >= 15 is 0 Å². The Labute approximate surface area is 54.4 Å². The molecule has 3 heterocycles. The average Bonchev–Trinajstić information content (AvgIpc) is 1.58. The van der Waals surface area contributed by atoms with Gasteiger partial charge in [-0.15, -0.1) is 0 Å². The molecule has 3 rings (SSSR count). The molecule has 0 saturated carbocycles. The summed E-state index contributed by atoms with van der Waals surface area (Å²) in [4.78, 5) is 0. The zero-order chi connectivity index (χ0) is 6.48. The molecule has 52 valence electrons. The van der Waals surface area contributed by atoms with E-state index in [1.807, 2.05) is 0 Å². The summed E-state index contributed by atoms with van der Waals surface area (Å²) in [6, 6.07) is 0.572.